The molecule has 8 nitrogen and oxygen atoms in total. The van der Waals surface area contributed by atoms with Gasteiger partial charge < -0.3 is 19.5 Å². The van der Waals surface area contributed by atoms with Crippen LogP contribution in [0.4, 0.5) is 5.69 Å². The Bertz CT molecular complexity index is 1090. The summed E-state index contributed by atoms with van der Waals surface area (Å²) in [5, 5.41) is 12.1. The third-order valence-corrected chi connectivity index (χ3v) is 5.17. The number of anilines is 1. The maximum atomic E-state index is 12.4. The van der Waals surface area contributed by atoms with Crippen molar-refractivity contribution >= 4 is 29.5 Å². The molecule has 0 saturated carbocycles. The van der Waals surface area contributed by atoms with Crippen molar-refractivity contribution in [3.8, 4) is 6.07 Å². The van der Waals surface area contributed by atoms with E-state index >= 15 is 0 Å². The number of carbonyl (C=O) groups excluding carboxylic acids is 3. The second-order valence-corrected chi connectivity index (χ2v) is 7.89. The molecule has 0 fully saturated rings. The highest BCUT2D eigenvalue weighted by molar-refractivity contribution is 5.99. The van der Waals surface area contributed by atoms with Gasteiger partial charge in [0.15, 0.2) is 6.61 Å². The minimum absolute atomic E-state index is 0.195. The van der Waals surface area contributed by atoms with Gasteiger partial charge in [-0.25, -0.2) is 4.79 Å². The SMILES string of the molecule is CCCn1c(C)cc(/C=C(\C#N)C(=O)OCC(=O)N(C)CC(=O)Nc2ccc(C)cc2)c1C. The Morgan fingerprint density at radius 2 is 1.85 bits per heavy atom. The summed E-state index contributed by atoms with van der Waals surface area (Å²) in [5.41, 5.74) is 4.24. The molecule has 1 aromatic heterocycles. The number of hydrogen-bond donors (Lipinski definition) is 1. The van der Waals surface area contributed by atoms with Crippen LogP contribution in [0.15, 0.2) is 35.9 Å². The van der Waals surface area contributed by atoms with Gasteiger partial charge in [-0.2, -0.15) is 5.26 Å². The van der Waals surface area contributed by atoms with Gasteiger partial charge in [-0.15, -0.1) is 0 Å². The zero-order valence-corrected chi connectivity index (χ0v) is 19.8. The molecule has 2 amide bonds. The molecule has 0 atom stereocenters. The largest absolute Gasteiger partial charge is 0.451 e. The van der Waals surface area contributed by atoms with Crippen molar-refractivity contribution in [1.29, 1.82) is 5.26 Å². The van der Waals surface area contributed by atoms with Gasteiger partial charge in [0.1, 0.15) is 11.6 Å². The Balaban J connectivity index is 1.93. The summed E-state index contributed by atoms with van der Waals surface area (Å²) in [6.07, 6.45) is 2.44. The minimum atomic E-state index is -0.886. The fourth-order valence-corrected chi connectivity index (χ4v) is 3.29. The number of nitriles is 1. The van der Waals surface area contributed by atoms with Gasteiger partial charge in [-0.05, 0) is 57.0 Å². The number of nitrogens with zero attached hydrogens (tertiary/aromatic N) is 3. The molecule has 2 aromatic rings. The quantitative estimate of drug-likeness (QED) is 0.358. The minimum Gasteiger partial charge on any atom is -0.451 e. The van der Waals surface area contributed by atoms with Crippen molar-refractivity contribution in [2.45, 2.75) is 40.7 Å². The summed E-state index contributed by atoms with van der Waals surface area (Å²) in [5.74, 6) is -1.81. The van der Waals surface area contributed by atoms with Crippen molar-refractivity contribution in [2.24, 2.45) is 0 Å². The first-order valence-corrected chi connectivity index (χ1v) is 10.7. The molecule has 8 heteroatoms. The van der Waals surface area contributed by atoms with E-state index in [1.807, 2.05) is 45.0 Å². The van der Waals surface area contributed by atoms with E-state index in [0.717, 1.165) is 40.4 Å². The molecule has 33 heavy (non-hydrogen) atoms. The lowest BCUT2D eigenvalue weighted by molar-refractivity contribution is -0.148. The van der Waals surface area contributed by atoms with Crippen LogP contribution in [0, 0.1) is 32.1 Å². The molecule has 0 aliphatic carbocycles. The van der Waals surface area contributed by atoms with Gasteiger partial charge in [0.05, 0.1) is 6.54 Å². The third-order valence-electron chi connectivity index (χ3n) is 5.17. The lowest BCUT2D eigenvalue weighted by atomic mass is 10.1. The van der Waals surface area contributed by atoms with E-state index in [1.54, 1.807) is 12.1 Å². The molecule has 1 aromatic carbocycles. The van der Waals surface area contributed by atoms with Gasteiger partial charge >= 0.3 is 5.97 Å². The van der Waals surface area contributed by atoms with E-state index in [-0.39, 0.29) is 18.0 Å². The van der Waals surface area contributed by atoms with Crippen LogP contribution in [0.1, 0.15) is 35.9 Å². The number of esters is 1. The van der Waals surface area contributed by atoms with E-state index in [1.165, 1.54) is 13.1 Å². The molecular weight excluding hydrogens is 420 g/mol. The van der Waals surface area contributed by atoms with Crippen LogP contribution in [-0.4, -0.2) is 47.4 Å². The molecule has 0 aliphatic heterocycles. The Labute approximate surface area is 194 Å². The number of aryl methyl sites for hydroxylation is 2. The van der Waals surface area contributed by atoms with Crippen LogP contribution >= 0.6 is 0 Å². The molecule has 0 radical (unpaired) electrons. The molecule has 0 saturated heterocycles. The lowest BCUT2D eigenvalue weighted by Crippen LogP contribution is -2.37. The highest BCUT2D eigenvalue weighted by Gasteiger charge is 2.18. The van der Waals surface area contributed by atoms with Crippen molar-refractivity contribution < 1.29 is 19.1 Å². The number of carbonyl (C=O) groups is 3. The molecule has 0 bridgehead atoms. The summed E-state index contributed by atoms with van der Waals surface area (Å²) in [4.78, 5) is 37.9. The number of hydrogen-bond acceptors (Lipinski definition) is 5. The second kappa shape index (κ2) is 11.7. The van der Waals surface area contributed by atoms with Crippen LogP contribution in [0.3, 0.4) is 0 Å². The van der Waals surface area contributed by atoms with Crippen LogP contribution in [0.5, 0.6) is 0 Å². The number of aromatic nitrogens is 1. The number of rotatable bonds is 9. The molecule has 174 valence electrons. The van der Waals surface area contributed by atoms with Gasteiger partial charge in [0, 0.05) is 30.7 Å². The molecular formula is C25H30N4O4. The maximum absolute atomic E-state index is 12.4. The molecule has 0 aliphatic rings. The Morgan fingerprint density at radius 1 is 1.18 bits per heavy atom. The molecule has 1 heterocycles. The van der Waals surface area contributed by atoms with Crippen LogP contribution < -0.4 is 5.32 Å². The smallest absolute Gasteiger partial charge is 0.349 e. The van der Waals surface area contributed by atoms with E-state index in [9.17, 15) is 19.6 Å². The summed E-state index contributed by atoms with van der Waals surface area (Å²) in [6, 6.07) is 11.0. The fourth-order valence-electron chi connectivity index (χ4n) is 3.29. The average molecular weight is 451 g/mol. The van der Waals surface area contributed by atoms with E-state index in [2.05, 4.69) is 16.8 Å². The van der Waals surface area contributed by atoms with E-state index in [0.29, 0.717) is 5.69 Å². The predicted octanol–water partition coefficient (Wildman–Crippen LogP) is 3.37. The monoisotopic (exact) mass is 450 g/mol. The predicted molar refractivity (Wildman–Crippen MR) is 126 cm³/mol. The number of benzene rings is 1. The molecule has 1 N–H and O–H groups in total. The van der Waals surface area contributed by atoms with Crippen molar-refractivity contribution in [2.75, 3.05) is 25.5 Å². The molecule has 2 rings (SSSR count). The summed E-state index contributed by atoms with van der Waals surface area (Å²) in [6.45, 7) is 7.98. The number of amides is 2. The van der Waals surface area contributed by atoms with Crippen LogP contribution in [0.25, 0.3) is 6.08 Å². The Morgan fingerprint density at radius 3 is 2.45 bits per heavy atom. The lowest BCUT2D eigenvalue weighted by Gasteiger charge is -2.16. The van der Waals surface area contributed by atoms with Crippen molar-refractivity contribution in [3.63, 3.8) is 0 Å². The highest BCUT2D eigenvalue weighted by atomic mass is 16.5. The van der Waals surface area contributed by atoms with E-state index < -0.39 is 18.5 Å². The van der Waals surface area contributed by atoms with Crippen molar-refractivity contribution in [3.05, 3.63) is 58.4 Å². The van der Waals surface area contributed by atoms with Crippen LogP contribution in [-0.2, 0) is 25.7 Å². The number of ether oxygens (including phenoxy) is 1. The first kappa shape index (κ1) is 25.4. The normalized spacial score (nSPS) is 11.0. The molecule has 0 unspecified atom stereocenters. The topological polar surface area (TPSA) is 104 Å². The first-order chi connectivity index (χ1) is 15.7. The summed E-state index contributed by atoms with van der Waals surface area (Å²) in [7, 11) is 1.44. The second-order valence-electron chi connectivity index (χ2n) is 7.89. The fraction of sp³-hybridized carbons (Fsp3) is 0.360. The maximum Gasteiger partial charge on any atom is 0.349 e. The highest BCUT2D eigenvalue weighted by Crippen LogP contribution is 2.19. The summed E-state index contributed by atoms with van der Waals surface area (Å²) < 4.78 is 7.15. The van der Waals surface area contributed by atoms with Crippen LogP contribution in [0.2, 0.25) is 0 Å². The van der Waals surface area contributed by atoms with Gasteiger partial charge in [-0.1, -0.05) is 24.6 Å². The zero-order chi connectivity index (χ0) is 24.5. The molecule has 0 spiro atoms. The first-order valence-electron chi connectivity index (χ1n) is 10.7. The van der Waals surface area contributed by atoms with Gasteiger partial charge in [0.25, 0.3) is 5.91 Å². The van der Waals surface area contributed by atoms with Gasteiger partial charge in [-0.3, -0.25) is 9.59 Å². The Kier molecular flexibility index (Phi) is 8.98. The van der Waals surface area contributed by atoms with Crippen molar-refractivity contribution in [1.82, 2.24) is 9.47 Å². The third kappa shape index (κ3) is 7.07. The number of nitrogens with one attached hydrogen (secondary N) is 1. The van der Waals surface area contributed by atoms with Gasteiger partial charge in [0.2, 0.25) is 5.91 Å². The standard InChI is InChI=1S/C25H30N4O4/c1-6-11-29-18(3)12-20(19(29)4)13-21(14-26)25(32)33-16-24(31)28(5)15-23(30)27-22-9-7-17(2)8-10-22/h7-10,12-13H,6,11,15-16H2,1-5H3,(H,27,30)/b21-13+. The number of likely N-dealkylation sites (N-methyl/N-ethyl adjacent to an activating group) is 1. The zero-order valence-electron chi connectivity index (χ0n) is 19.8. The average Bonchev–Trinajstić information content (AvgIpc) is 3.04. The Hall–Kier alpha value is -3.86. The summed E-state index contributed by atoms with van der Waals surface area (Å²) >= 11 is 0. The van der Waals surface area contributed by atoms with E-state index in [4.69, 9.17) is 4.74 Å².